The molecule has 1 atom stereocenters. The van der Waals surface area contributed by atoms with E-state index in [1.807, 2.05) is 0 Å². The van der Waals surface area contributed by atoms with E-state index in [0.29, 0.717) is 0 Å². The molecule has 0 aromatic heterocycles. The molecule has 2 aromatic carbocycles. The fourth-order valence-corrected chi connectivity index (χ4v) is 2.42. The molecule has 0 spiro atoms. The Morgan fingerprint density at radius 3 is 2.72 bits per heavy atom. The highest BCUT2D eigenvalue weighted by Gasteiger charge is 2.15. The van der Waals surface area contributed by atoms with Crippen molar-refractivity contribution in [3.8, 4) is 0 Å². The smallest absolute Gasteiger partial charge is 0.109 e. The first-order valence-electron chi connectivity index (χ1n) is 6.39. The average Bonchev–Trinajstić information content (AvgIpc) is 2.92. The maximum Gasteiger partial charge on any atom is 0.109 e. The van der Waals surface area contributed by atoms with Gasteiger partial charge < -0.3 is 10.5 Å². The van der Waals surface area contributed by atoms with Gasteiger partial charge in [-0.3, -0.25) is 0 Å². The second kappa shape index (κ2) is 4.83. The lowest BCUT2D eigenvalue weighted by atomic mass is 10.0. The number of ether oxygens (including phenoxy) is 1. The first-order chi connectivity index (χ1) is 8.83. The molecule has 2 aromatic rings. The second-order valence-electron chi connectivity index (χ2n) is 4.74. The van der Waals surface area contributed by atoms with Gasteiger partial charge in [-0.05, 0) is 28.8 Å². The fourth-order valence-electron chi connectivity index (χ4n) is 2.42. The summed E-state index contributed by atoms with van der Waals surface area (Å²) in [5.41, 5.74) is 7.42. The third-order valence-electron chi connectivity index (χ3n) is 3.37. The minimum Gasteiger partial charge on any atom is -0.496 e. The van der Waals surface area contributed by atoms with Crippen molar-refractivity contribution in [1.82, 2.24) is 0 Å². The number of benzene rings is 2. The summed E-state index contributed by atoms with van der Waals surface area (Å²) < 4.78 is 5.51. The van der Waals surface area contributed by atoms with E-state index in [4.69, 9.17) is 10.5 Å². The molecule has 1 unspecified atom stereocenters. The Kier molecular flexibility index (Phi) is 3.03. The lowest BCUT2D eigenvalue weighted by Crippen LogP contribution is -2.25. The predicted molar refractivity (Wildman–Crippen MR) is 74.3 cm³/mol. The van der Waals surface area contributed by atoms with Gasteiger partial charge in [0.1, 0.15) is 5.76 Å². The van der Waals surface area contributed by atoms with Crippen molar-refractivity contribution in [3.63, 3.8) is 0 Å². The summed E-state index contributed by atoms with van der Waals surface area (Å²) in [5, 5.41) is 2.54. The zero-order valence-electron chi connectivity index (χ0n) is 10.3. The third-order valence-corrected chi connectivity index (χ3v) is 3.37. The van der Waals surface area contributed by atoms with Crippen LogP contribution in [0.2, 0.25) is 0 Å². The van der Waals surface area contributed by atoms with Crippen LogP contribution in [0.15, 0.2) is 54.3 Å². The van der Waals surface area contributed by atoms with Crippen LogP contribution in [0.25, 0.3) is 10.8 Å². The maximum absolute atomic E-state index is 6.16. The molecule has 0 aliphatic carbocycles. The van der Waals surface area contributed by atoms with Gasteiger partial charge in [0, 0.05) is 6.42 Å². The topological polar surface area (TPSA) is 35.2 Å². The molecular formula is C16H17NO. The lowest BCUT2D eigenvalue weighted by Gasteiger charge is -2.13. The van der Waals surface area contributed by atoms with Crippen molar-refractivity contribution < 1.29 is 4.74 Å². The van der Waals surface area contributed by atoms with Crippen LogP contribution in [0.3, 0.4) is 0 Å². The molecule has 0 amide bonds. The van der Waals surface area contributed by atoms with Crippen LogP contribution in [-0.4, -0.2) is 12.6 Å². The Labute approximate surface area is 107 Å². The molecule has 0 fully saturated rings. The van der Waals surface area contributed by atoms with Crippen molar-refractivity contribution in [3.05, 3.63) is 59.9 Å². The minimum absolute atomic E-state index is 0.0198. The molecule has 1 heterocycles. The average molecular weight is 239 g/mol. The standard InChI is InChI=1S/C16H17NO/c17-15(16-6-3-9-18-16)11-12-7-8-13-4-1-2-5-14(13)10-12/h1-2,4-8,10,15H,3,9,11,17H2. The van der Waals surface area contributed by atoms with E-state index in [2.05, 4.69) is 48.5 Å². The zero-order chi connectivity index (χ0) is 12.4. The Balaban J connectivity index is 1.82. The first kappa shape index (κ1) is 11.3. The number of hydrogen-bond donors (Lipinski definition) is 1. The Morgan fingerprint density at radius 2 is 1.94 bits per heavy atom. The number of nitrogens with two attached hydrogens (primary N) is 1. The number of hydrogen-bond acceptors (Lipinski definition) is 2. The quantitative estimate of drug-likeness (QED) is 0.893. The van der Waals surface area contributed by atoms with Gasteiger partial charge in [-0.15, -0.1) is 0 Å². The maximum atomic E-state index is 6.16. The van der Waals surface area contributed by atoms with Crippen molar-refractivity contribution >= 4 is 10.8 Å². The molecular weight excluding hydrogens is 222 g/mol. The summed E-state index contributed by atoms with van der Waals surface area (Å²) in [6.45, 7) is 0.779. The summed E-state index contributed by atoms with van der Waals surface area (Å²) in [6, 6.07) is 14.9. The van der Waals surface area contributed by atoms with Crippen LogP contribution in [-0.2, 0) is 11.2 Å². The van der Waals surface area contributed by atoms with Crippen LogP contribution < -0.4 is 5.73 Å². The predicted octanol–water partition coefficient (Wildman–Crippen LogP) is 3.01. The Hall–Kier alpha value is -1.80. The molecule has 2 N–H and O–H groups in total. The summed E-state index contributed by atoms with van der Waals surface area (Å²) >= 11 is 0. The summed E-state index contributed by atoms with van der Waals surface area (Å²) in [7, 11) is 0. The highest BCUT2D eigenvalue weighted by molar-refractivity contribution is 5.83. The van der Waals surface area contributed by atoms with E-state index in [0.717, 1.165) is 25.2 Å². The van der Waals surface area contributed by atoms with Gasteiger partial charge in [-0.2, -0.15) is 0 Å². The van der Waals surface area contributed by atoms with Crippen molar-refractivity contribution in [2.75, 3.05) is 6.61 Å². The van der Waals surface area contributed by atoms with Crippen LogP contribution in [0.1, 0.15) is 12.0 Å². The van der Waals surface area contributed by atoms with E-state index < -0.39 is 0 Å². The van der Waals surface area contributed by atoms with Crippen molar-refractivity contribution in [2.24, 2.45) is 5.73 Å². The Bertz CT molecular complexity index is 588. The van der Waals surface area contributed by atoms with Gasteiger partial charge in [0.05, 0.1) is 12.6 Å². The molecule has 3 rings (SSSR count). The fraction of sp³-hybridized carbons (Fsp3) is 0.250. The molecule has 2 heteroatoms. The zero-order valence-corrected chi connectivity index (χ0v) is 10.3. The minimum atomic E-state index is -0.0198. The van der Waals surface area contributed by atoms with Crippen LogP contribution in [0.4, 0.5) is 0 Å². The summed E-state index contributed by atoms with van der Waals surface area (Å²) in [5.74, 6) is 0.947. The summed E-state index contributed by atoms with van der Waals surface area (Å²) in [4.78, 5) is 0. The molecule has 18 heavy (non-hydrogen) atoms. The van der Waals surface area contributed by atoms with Gasteiger partial charge in [-0.25, -0.2) is 0 Å². The SMILES string of the molecule is NC(Cc1ccc2ccccc2c1)C1=CCCO1. The van der Waals surface area contributed by atoms with E-state index in [-0.39, 0.29) is 6.04 Å². The number of fused-ring (bicyclic) bond motifs is 1. The highest BCUT2D eigenvalue weighted by atomic mass is 16.5. The lowest BCUT2D eigenvalue weighted by molar-refractivity contribution is 0.224. The molecule has 1 aliphatic heterocycles. The van der Waals surface area contributed by atoms with Crippen molar-refractivity contribution in [1.29, 1.82) is 0 Å². The Morgan fingerprint density at radius 1 is 1.11 bits per heavy atom. The first-order valence-corrected chi connectivity index (χ1v) is 6.39. The van der Waals surface area contributed by atoms with E-state index in [9.17, 15) is 0 Å². The molecule has 1 aliphatic rings. The van der Waals surface area contributed by atoms with Crippen molar-refractivity contribution in [2.45, 2.75) is 18.9 Å². The van der Waals surface area contributed by atoms with Crippen LogP contribution in [0.5, 0.6) is 0 Å². The van der Waals surface area contributed by atoms with Gasteiger partial charge >= 0.3 is 0 Å². The molecule has 0 bridgehead atoms. The summed E-state index contributed by atoms with van der Waals surface area (Å²) in [6.07, 6.45) is 3.92. The molecule has 0 saturated carbocycles. The van der Waals surface area contributed by atoms with Gasteiger partial charge in [0.2, 0.25) is 0 Å². The molecule has 0 radical (unpaired) electrons. The third kappa shape index (κ3) is 2.24. The van der Waals surface area contributed by atoms with E-state index >= 15 is 0 Å². The van der Waals surface area contributed by atoms with Crippen LogP contribution >= 0.6 is 0 Å². The van der Waals surface area contributed by atoms with Gasteiger partial charge in [-0.1, -0.05) is 42.5 Å². The van der Waals surface area contributed by atoms with E-state index in [1.54, 1.807) is 0 Å². The monoisotopic (exact) mass is 239 g/mol. The van der Waals surface area contributed by atoms with Gasteiger partial charge in [0.25, 0.3) is 0 Å². The van der Waals surface area contributed by atoms with Gasteiger partial charge in [0.15, 0.2) is 0 Å². The number of rotatable bonds is 3. The molecule has 92 valence electrons. The second-order valence-corrected chi connectivity index (χ2v) is 4.74. The molecule has 2 nitrogen and oxygen atoms in total. The molecule has 0 saturated heterocycles. The normalized spacial score (nSPS) is 16.4. The highest BCUT2D eigenvalue weighted by Crippen LogP contribution is 2.19. The largest absolute Gasteiger partial charge is 0.496 e. The van der Waals surface area contributed by atoms with Crippen LogP contribution in [0, 0.1) is 0 Å². The van der Waals surface area contributed by atoms with E-state index in [1.165, 1.54) is 16.3 Å².